The monoisotopic (exact) mass is 717 g/mol. The van der Waals surface area contributed by atoms with E-state index in [0.717, 1.165) is 6.92 Å². The number of hydrogen-bond donors (Lipinski definition) is 11. The van der Waals surface area contributed by atoms with Gasteiger partial charge in [0.15, 0.2) is 25.2 Å². The predicted octanol–water partition coefficient (Wildman–Crippen LogP) is -6.12. The highest BCUT2D eigenvalue weighted by Crippen LogP contribution is 2.35. The van der Waals surface area contributed by atoms with Crippen molar-refractivity contribution in [2.24, 2.45) is 0 Å². The first-order valence-corrected chi connectivity index (χ1v) is 16.3. The summed E-state index contributed by atoms with van der Waals surface area (Å²) in [5, 5.41) is 107. The van der Waals surface area contributed by atoms with Crippen LogP contribution in [0.25, 0.3) is 0 Å². The standard InChI is InChI=1S/C29H51NO19/c1-5-6-42-29-25(24(16(35)10(3)44-29)48-28-22(41)20(39)17(36)12(7-31)46-28)49-26-14(30-11(4)33)23(18(37)13(8-32)45-26)47-27-21(40)19(38)15(34)9(2)43-27/h9-10,12-29,31-32,34-41H,5-8H2,1-4H3,(H,30,33)/t9?,10?,12?,13?,14?,15-,16-,17+,18+,19?,20?,21-,22?,23+,24?,25-,26-,27-,28+,29+/m0/s1. The molecule has 0 aromatic carbocycles. The van der Waals surface area contributed by atoms with E-state index in [2.05, 4.69) is 5.32 Å². The van der Waals surface area contributed by atoms with Gasteiger partial charge in [0.1, 0.15) is 85.4 Å². The molecule has 20 atom stereocenters. The fourth-order valence-corrected chi connectivity index (χ4v) is 6.16. The molecule has 20 heteroatoms. The largest absolute Gasteiger partial charge is 0.394 e. The lowest BCUT2D eigenvalue weighted by atomic mass is 9.94. The average Bonchev–Trinajstić information content (AvgIpc) is 3.07. The minimum Gasteiger partial charge on any atom is -0.394 e. The van der Waals surface area contributed by atoms with Crippen LogP contribution in [0.15, 0.2) is 0 Å². The van der Waals surface area contributed by atoms with Crippen LogP contribution in [0, 0.1) is 0 Å². The molecule has 4 rings (SSSR count). The Bertz CT molecular complexity index is 1040. The Labute approximate surface area is 281 Å². The van der Waals surface area contributed by atoms with Crippen molar-refractivity contribution in [3.8, 4) is 0 Å². The molecular formula is C29H51NO19. The molecule has 0 bridgehead atoms. The number of nitrogens with one attached hydrogen (secondary N) is 1. The highest BCUT2D eigenvalue weighted by atomic mass is 16.8. The van der Waals surface area contributed by atoms with Gasteiger partial charge >= 0.3 is 0 Å². The van der Waals surface area contributed by atoms with Crippen molar-refractivity contribution in [3.63, 3.8) is 0 Å². The number of hydrogen-bond acceptors (Lipinski definition) is 19. The number of aliphatic hydroxyl groups excluding tert-OH is 10. The van der Waals surface area contributed by atoms with Crippen LogP contribution in [0.4, 0.5) is 0 Å². The molecule has 20 nitrogen and oxygen atoms in total. The van der Waals surface area contributed by atoms with E-state index < -0.39 is 142 Å². The van der Waals surface area contributed by atoms with Crippen LogP contribution in [-0.2, 0) is 42.7 Å². The summed E-state index contributed by atoms with van der Waals surface area (Å²) in [4.78, 5) is 12.5. The number of rotatable bonds is 12. The second kappa shape index (κ2) is 17.5. The summed E-state index contributed by atoms with van der Waals surface area (Å²) in [7, 11) is 0. The van der Waals surface area contributed by atoms with E-state index in [4.69, 9.17) is 37.9 Å². The van der Waals surface area contributed by atoms with Gasteiger partial charge in [-0.05, 0) is 20.3 Å². The van der Waals surface area contributed by atoms with Gasteiger partial charge in [0.2, 0.25) is 5.91 Å². The third-order valence-electron chi connectivity index (χ3n) is 9.00. The molecule has 49 heavy (non-hydrogen) atoms. The molecule has 0 aromatic rings. The second-order valence-electron chi connectivity index (χ2n) is 12.7. The van der Waals surface area contributed by atoms with Crippen molar-refractivity contribution in [2.45, 2.75) is 157 Å². The van der Waals surface area contributed by atoms with Crippen LogP contribution in [0.2, 0.25) is 0 Å². The highest BCUT2D eigenvalue weighted by molar-refractivity contribution is 5.73. The number of carbonyl (C=O) groups excluding carboxylic acids is 1. The molecule has 4 saturated heterocycles. The molecule has 0 aromatic heterocycles. The molecule has 1 amide bonds. The molecule has 0 saturated carbocycles. The van der Waals surface area contributed by atoms with Gasteiger partial charge in [0.25, 0.3) is 0 Å². The van der Waals surface area contributed by atoms with Gasteiger partial charge in [-0.2, -0.15) is 0 Å². The zero-order valence-electron chi connectivity index (χ0n) is 27.5. The summed E-state index contributed by atoms with van der Waals surface area (Å²) in [6.45, 7) is 4.41. The van der Waals surface area contributed by atoms with Crippen LogP contribution in [0.1, 0.15) is 34.1 Å². The third kappa shape index (κ3) is 8.87. The Kier molecular flexibility index (Phi) is 14.5. The maximum atomic E-state index is 12.5. The third-order valence-corrected chi connectivity index (χ3v) is 9.00. The van der Waals surface area contributed by atoms with Gasteiger partial charge in [-0.3, -0.25) is 4.79 Å². The van der Waals surface area contributed by atoms with Gasteiger partial charge in [0, 0.05) is 13.5 Å². The van der Waals surface area contributed by atoms with Crippen molar-refractivity contribution in [2.75, 3.05) is 19.8 Å². The lowest BCUT2D eigenvalue weighted by Crippen LogP contribution is -2.70. The van der Waals surface area contributed by atoms with E-state index in [1.54, 1.807) is 0 Å². The Hall–Kier alpha value is -1.25. The zero-order chi connectivity index (χ0) is 36.3. The maximum absolute atomic E-state index is 12.5. The number of aliphatic hydroxyl groups is 10. The van der Waals surface area contributed by atoms with Crippen molar-refractivity contribution < 1.29 is 93.8 Å². The van der Waals surface area contributed by atoms with Crippen molar-refractivity contribution in [1.29, 1.82) is 0 Å². The van der Waals surface area contributed by atoms with Crippen LogP contribution in [0.5, 0.6) is 0 Å². The lowest BCUT2D eigenvalue weighted by molar-refractivity contribution is -0.388. The molecular weight excluding hydrogens is 666 g/mol. The highest BCUT2D eigenvalue weighted by Gasteiger charge is 2.56. The minimum atomic E-state index is -1.86. The summed E-state index contributed by atoms with van der Waals surface area (Å²) in [6.07, 6.45) is -28.8. The molecule has 11 N–H and O–H groups in total. The summed E-state index contributed by atoms with van der Waals surface area (Å²) in [5.74, 6) is -0.666. The number of amides is 1. The fourth-order valence-electron chi connectivity index (χ4n) is 6.16. The van der Waals surface area contributed by atoms with E-state index in [9.17, 15) is 55.9 Å². The molecule has 4 heterocycles. The first kappa shape index (κ1) is 40.5. The lowest BCUT2D eigenvalue weighted by Gasteiger charge is -2.50. The van der Waals surface area contributed by atoms with Crippen LogP contribution in [-0.4, -0.2) is 200 Å². The summed E-state index contributed by atoms with van der Waals surface area (Å²) >= 11 is 0. The van der Waals surface area contributed by atoms with E-state index in [-0.39, 0.29) is 6.61 Å². The number of ether oxygens (including phenoxy) is 8. The zero-order valence-corrected chi connectivity index (χ0v) is 27.5. The summed E-state index contributed by atoms with van der Waals surface area (Å²) < 4.78 is 46.8. The predicted molar refractivity (Wildman–Crippen MR) is 157 cm³/mol. The second-order valence-corrected chi connectivity index (χ2v) is 12.7. The van der Waals surface area contributed by atoms with E-state index >= 15 is 0 Å². The first-order valence-electron chi connectivity index (χ1n) is 16.3. The molecule has 0 aliphatic carbocycles. The van der Waals surface area contributed by atoms with Gasteiger partial charge in [-0.25, -0.2) is 0 Å². The van der Waals surface area contributed by atoms with Crippen LogP contribution < -0.4 is 5.32 Å². The van der Waals surface area contributed by atoms with E-state index in [0.29, 0.717) is 6.42 Å². The van der Waals surface area contributed by atoms with Gasteiger partial charge in [-0.1, -0.05) is 6.92 Å². The molecule has 9 unspecified atom stereocenters. The van der Waals surface area contributed by atoms with Gasteiger partial charge < -0.3 is 94.3 Å². The molecule has 0 radical (unpaired) electrons. The maximum Gasteiger partial charge on any atom is 0.217 e. The van der Waals surface area contributed by atoms with E-state index in [1.165, 1.54) is 13.8 Å². The summed E-state index contributed by atoms with van der Waals surface area (Å²) in [5.41, 5.74) is 0. The normalized spacial score (nSPS) is 49.4. The van der Waals surface area contributed by atoms with Crippen LogP contribution >= 0.6 is 0 Å². The quantitative estimate of drug-likeness (QED) is 0.0895. The van der Waals surface area contributed by atoms with Crippen molar-refractivity contribution in [3.05, 3.63) is 0 Å². The Morgan fingerprint density at radius 1 is 0.592 bits per heavy atom. The summed E-state index contributed by atoms with van der Waals surface area (Å²) in [6, 6.07) is -1.46. The molecule has 0 spiro atoms. The Morgan fingerprint density at radius 2 is 1.08 bits per heavy atom. The minimum absolute atomic E-state index is 0.119. The Morgan fingerprint density at radius 3 is 1.67 bits per heavy atom. The van der Waals surface area contributed by atoms with Gasteiger partial charge in [-0.15, -0.1) is 0 Å². The Balaban J connectivity index is 1.68. The molecule has 4 fully saturated rings. The average molecular weight is 718 g/mol. The van der Waals surface area contributed by atoms with Gasteiger partial charge in [0.05, 0.1) is 25.4 Å². The van der Waals surface area contributed by atoms with Crippen molar-refractivity contribution >= 4 is 5.91 Å². The molecule has 286 valence electrons. The first-order chi connectivity index (χ1) is 23.1. The number of carbonyl (C=O) groups is 1. The van der Waals surface area contributed by atoms with Crippen molar-refractivity contribution in [1.82, 2.24) is 5.32 Å². The smallest absolute Gasteiger partial charge is 0.217 e. The molecule has 4 aliphatic heterocycles. The topological polar surface area (TPSA) is 305 Å². The van der Waals surface area contributed by atoms with Crippen LogP contribution in [0.3, 0.4) is 0 Å². The molecule has 4 aliphatic rings. The van der Waals surface area contributed by atoms with E-state index in [1.807, 2.05) is 6.92 Å². The fraction of sp³-hybridized carbons (Fsp3) is 0.966. The SMILES string of the molecule is CCCO[C@@H]1OC(C)[C@H](O)C(O[C@H]2OC(CO)[C@@H](O)C(O)C2O)[C@@H]1O[C@@H]1OC(CO)[C@@H](O)[C@H](O[C@@H]2OC(C)[C@H](O)C(O)[C@@H]2O)C1NC(C)=O.